The minimum atomic E-state index is -0.465. The Morgan fingerprint density at radius 2 is 1.04 bits per heavy atom. The van der Waals surface area contributed by atoms with Gasteiger partial charge in [0.15, 0.2) is 6.17 Å². The molecule has 8 aromatic carbocycles. The molecule has 0 bridgehead atoms. The van der Waals surface area contributed by atoms with Gasteiger partial charge in [-0.1, -0.05) is 152 Å². The van der Waals surface area contributed by atoms with Gasteiger partial charge >= 0.3 is 0 Å². The third-order valence-corrected chi connectivity index (χ3v) is 9.93. The molecule has 51 heavy (non-hydrogen) atoms. The minimum absolute atomic E-state index is 0.465. The second-order valence-electron chi connectivity index (χ2n) is 13.0. The van der Waals surface area contributed by atoms with Crippen molar-refractivity contribution in [1.29, 1.82) is 0 Å². The summed E-state index contributed by atoms with van der Waals surface area (Å²) in [6.07, 6.45) is -0.465. The lowest BCUT2D eigenvalue weighted by molar-refractivity contribution is 0.669. The van der Waals surface area contributed by atoms with Crippen LogP contribution in [0.3, 0.4) is 0 Å². The minimum Gasteiger partial charge on any atom is -0.456 e. The molecular weight excluding hydrogens is 623 g/mol. The summed E-state index contributed by atoms with van der Waals surface area (Å²) in [5.74, 6) is 1.59. The number of benzene rings is 8. The van der Waals surface area contributed by atoms with Gasteiger partial charge in [-0.3, -0.25) is 0 Å². The van der Waals surface area contributed by atoms with Gasteiger partial charge in [0.05, 0.1) is 0 Å². The fourth-order valence-electron chi connectivity index (χ4n) is 7.49. The smallest absolute Gasteiger partial charge is 0.170 e. The molecule has 0 saturated heterocycles. The van der Waals surface area contributed by atoms with Crippen molar-refractivity contribution in [2.24, 2.45) is 9.98 Å². The number of amidine groups is 2. The number of aliphatic imine (C=N–C) groups is 2. The highest BCUT2D eigenvalue weighted by molar-refractivity contribution is 6.18. The molecule has 0 aliphatic carbocycles. The van der Waals surface area contributed by atoms with Crippen LogP contribution in [0.4, 0.5) is 0 Å². The number of hydrogen-bond donors (Lipinski definition) is 1. The van der Waals surface area contributed by atoms with E-state index in [2.05, 4.69) is 163 Å². The zero-order valence-corrected chi connectivity index (χ0v) is 27.6. The van der Waals surface area contributed by atoms with Crippen LogP contribution in [0.1, 0.15) is 22.9 Å². The van der Waals surface area contributed by atoms with Crippen LogP contribution in [0.5, 0.6) is 0 Å². The highest BCUT2D eigenvalue weighted by Crippen LogP contribution is 2.41. The lowest BCUT2D eigenvalue weighted by atomic mass is 9.92. The molecule has 1 unspecified atom stereocenters. The van der Waals surface area contributed by atoms with E-state index < -0.39 is 6.17 Å². The van der Waals surface area contributed by atoms with Crippen LogP contribution in [0.2, 0.25) is 0 Å². The van der Waals surface area contributed by atoms with Crippen molar-refractivity contribution in [3.63, 3.8) is 0 Å². The van der Waals surface area contributed by atoms with Crippen LogP contribution in [0, 0.1) is 0 Å². The Morgan fingerprint density at radius 1 is 0.412 bits per heavy atom. The van der Waals surface area contributed by atoms with Gasteiger partial charge in [0.2, 0.25) is 0 Å². The molecule has 0 radical (unpaired) electrons. The fraction of sp³-hybridized carbons (Fsp3) is 0.0213. The molecule has 1 aromatic heterocycles. The lowest BCUT2D eigenvalue weighted by Crippen LogP contribution is -2.36. The van der Waals surface area contributed by atoms with Crippen LogP contribution in [0.15, 0.2) is 190 Å². The number of furan rings is 1. The first-order chi connectivity index (χ1) is 25.3. The predicted molar refractivity (Wildman–Crippen MR) is 211 cm³/mol. The Bertz CT molecular complexity index is 2850. The standard InChI is InChI=1S/C47H31N3O/c1-2-12-30(13-3-1)33-16-8-17-34(28-33)45-48-46(35-27-26-31-14-4-5-15-32(31)29-35)50-47(49-45)40-23-10-19-36-37(20-9-21-38(36)40)39-22-11-25-43-44(39)41-18-6-7-24-42(41)51-43/h1-29,47H,(H,48,49,50). The van der Waals surface area contributed by atoms with E-state index in [1.165, 1.54) is 10.8 Å². The summed E-state index contributed by atoms with van der Waals surface area (Å²) in [6.45, 7) is 0. The molecule has 1 aliphatic rings. The summed E-state index contributed by atoms with van der Waals surface area (Å²) in [6, 6.07) is 61.6. The number of para-hydroxylation sites is 1. The molecule has 10 rings (SSSR count). The Morgan fingerprint density at radius 3 is 1.94 bits per heavy atom. The first kappa shape index (κ1) is 29.2. The van der Waals surface area contributed by atoms with Crippen molar-refractivity contribution in [2.45, 2.75) is 6.17 Å². The fourth-order valence-corrected chi connectivity index (χ4v) is 7.49. The maximum atomic E-state index is 6.27. The third kappa shape index (κ3) is 5.08. The van der Waals surface area contributed by atoms with Gasteiger partial charge in [0, 0.05) is 27.5 Å². The van der Waals surface area contributed by atoms with E-state index in [1.54, 1.807) is 0 Å². The highest BCUT2D eigenvalue weighted by atomic mass is 16.3. The van der Waals surface area contributed by atoms with Crippen LogP contribution in [-0.4, -0.2) is 11.7 Å². The monoisotopic (exact) mass is 653 g/mol. The molecule has 0 amide bonds. The number of rotatable bonds is 5. The van der Waals surface area contributed by atoms with Gasteiger partial charge in [-0.15, -0.1) is 0 Å². The Hall–Kier alpha value is -6.78. The number of nitrogens with zero attached hydrogens (tertiary/aromatic N) is 2. The Labute approximate surface area is 295 Å². The second kappa shape index (κ2) is 12.0. The average Bonchev–Trinajstić information content (AvgIpc) is 3.59. The van der Waals surface area contributed by atoms with Crippen molar-refractivity contribution < 1.29 is 4.42 Å². The molecule has 0 fully saturated rings. The molecule has 0 spiro atoms. The first-order valence-electron chi connectivity index (χ1n) is 17.3. The normalized spacial score (nSPS) is 14.5. The van der Waals surface area contributed by atoms with Gasteiger partial charge in [0.1, 0.15) is 22.8 Å². The van der Waals surface area contributed by atoms with Crippen LogP contribution in [-0.2, 0) is 0 Å². The van der Waals surface area contributed by atoms with Gasteiger partial charge in [-0.25, -0.2) is 9.98 Å². The van der Waals surface area contributed by atoms with Gasteiger partial charge in [-0.05, 0) is 68.1 Å². The molecular formula is C47H31N3O. The predicted octanol–water partition coefficient (Wildman–Crippen LogP) is 11.7. The average molecular weight is 654 g/mol. The summed E-state index contributed by atoms with van der Waals surface area (Å²) in [5, 5.41) is 10.5. The highest BCUT2D eigenvalue weighted by Gasteiger charge is 2.23. The number of fused-ring (bicyclic) bond motifs is 5. The maximum Gasteiger partial charge on any atom is 0.170 e. The van der Waals surface area contributed by atoms with Gasteiger partial charge in [0.25, 0.3) is 0 Å². The van der Waals surface area contributed by atoms with Crippen molar-refractivity contribution in [2.75, 3.05) is 0 Å². The molecule has 0 saturated carbocycles. The molecule has 4 heteroatoms. The van der Waals surface area contributed by atoms with E-state index in [0.29, 0.717) is 0 Å². The maximum absolute atomic E-state index is 6.27. The van der Waals surface area contributed by atoms with Crippen LogP contribution in [0.25, 0.3) is 65.7 Å². The van der Waals surface area contributed by atoms with E-state index in [0.717, 1.165) is 83.3 Å². The van der Waals surface area contributed by atoms with Crippen molar-refractivity contribution in [3.05, 3.63) is 193 Å². The topological polar surface area (TPSA) is 49.9 Å². The van der Waals surface area contributed by atoms with Gasteiger partial charge in [-0.2, -0.15) is 0 Å². The molecule has 1 N–H and O–H groups in total. The summed E-state index contributed by atoms with van der Waals surface area (Å²) < 4.78 is 6.27. The molecule has 1 aliphatic heterocycles. The van der Waals surface area contributed by atoms with Crippen LogP contribution >= 0.6 is 0 Å². The SMILES string of the molecule is c1ccc(-c2cccc(C3=NC(c4cccc5c(-c6cccc7oc8ccccc8c67)cccc45)N=C(c4ccc5ccccc5c4)N3)c2)cc1. The van der Waals surface area contributed by atoms with E-state index in [4.69, 9.17) is 14.4 Å². The zero-order valence-electron chi connectivity index (χ0n) is 27.6. The molecule has 240 valence electrons. The van der Waals surface area contributed by atoms with E-state index in [9.17, 15) is 0 Å². The van der Waals surface area contributed by atoms with E-state index in [1.807, 2.05) is 18.2 Å². The molecule has 9 aromatic rings. The Kier molecular flexibility index (Phi) is 6.85. The van der Waals surface area contributed by atoms with Crippen molar-refractivity contribution in [3.8, 4) is 22.3 Å². The Balaban J connectivity index is 1.15. The first-order valence-corrected chi connectivity index (χ1v) is 17.3. The quantitative estimate of drug-likeness (QED) is 0.201. The van der Waals surface area contributed by atoms with Crippen LogP contribution < -0.4 is 5.32 Å². The summed E-state index contributed by atoms with van der Waals surface area (Å²) in [7, 11) is 0. The third-order valence-electron chi connectivity index (χ3n) is 9.93. The molecule has 1 atom stereocenters. The van der Waals surface area contributed by atoms with Gasteiger partial charge < -0.3 is 9.73 Å². The zero-order chi connectivity index (χ0) is 33.7. The van der Waals surface area contributed by atoms with E-state index >= 15 is 0 Å². The summed E-state index contributed by atoms with van der Waals surface area (Å²) >= 11 is 0. The number of nitrogens with one attached hydrogen (secondary N) is 1. The largest absolute Gasteiger partial charge is 0.456 e. The lowest BCUT2D eigenvalue weighted by Gasteiger charge is -2.24. The summed E-state index contributed by atoms with van der Waals surface area (Å²) in [4.78, 5) is 10.7. The second-order valence-corrected chi connectivity index (χ2v) is 13.0. The van der Waals surface area contributed by atoms with Crippen molar-refractivity contribution >= 4 is 55.2 Å². The van der Waals surface area contributed by atoms with Crippen molar-refractivity contribution in [1.82, 2.24) is 5.32 Å². The molecule has 2 heterocycles. The number of hydrogen-bond acceptors (Lipinski definition) is 4. The molecule has 4 nitrogen and oxygen atoms in total. The van der Waals surface area contributed by atoms with E-state index in [-0.39, 0.29) is 0 Å². The summed E-state index contributed by atoms with van der Waals surface area (Å²) in [5.41, 5.74) is 9.46.